The first-order chi connectivity index (χ1) is 10.3. The highest BCUT2D eigenvalue weighted by Gasteiger charge is 2.44. The van der Waals surface area contributed by atoms with Gasteiger partial charge in [-0.2, -0.15) is 0 Å². The van der Waals surface area contributed by atoms with Crippen molar-refractivity contribution in [2.75, 3.05) is 6.54 Å². The summed E-state index contributed by atoms with van der Waals surface area (Å²) in [5, 5.41) is 35.2. The van der Waals surface area contributed by atoms with Crippen molar-refractivity contribution in [3.8, 4) is 0 Å². The lowest BCUT2D eigenvalue weighted by Gasteiger charge is -2.54. The number of rotatable bonds is 5. The smallest absolute Gasteiger partial charge is 0.303 e. The van der Waals surface area contributed by atoms with Gasteiger partial charge in [-0.1, -0.05) is 0 Å². The first-order valence-electron chi connectivity index (χ1n) is 7.85. The van der Waals surface area contributed by atoms with Gasteiger partial charge in [-0.05, 0) is 47.5 Å². The van der Waals surface area contributed by atoms with E-state index in [-0.39, 0.29) is 36.1 Å². The average Bonchev–Trinajstić information content (AvgIpc) is 2.30. The summed E-state index contributed by atoms with van der Waals surface area (Å²) in [4.78, 5) is 21.6. The first kappa shape index (κ1) is 21.8. The van der Waals surface area contributed by atoms with E-state index in [9.17, 15) is 19.8 Å². The summed E-state index contributed by atoms with van der Waals surface area (Å²) in [5.74, 6) is -2.15. The molecular weight excluding hydrogens is 302 g/mol. The number of hydrogen-bond donors (Lipinski definition) is 4. The highest BCUT2D eigenvalue weighted by Crippen LogP contribution is 2.38. The van der Waals surface area contributed by atoms with E-state index in [0.717, 1.165) is 12.8 Å². The van der Waals surface area contributed by atoms with Gasteiger partial charge >= 0.3 is 11.9 Å². The SMILES string of the molecule is CC(O)CN1C(C)(C)CC(O)CC1(C)C.O=C(O)CCC(=O)O. The Bertz CT molecular complexity index is 373. The second-order valence-electron chi connectivity index (χ2n) is 7.43. The standard InChI is InChI=1S/C12H25NO2.C4H6O4/c1-9(14)8-13-11(2,3)6-10(15)7-12(13,4)5;5-3(6)1-2-4(7)8/h9-10,14-15H,6-8H2,1-5H3;1-2H2,(H,5,6)(H,7,8). The molecule has 1 aliphatic rings. The van der Waals surface area contributed by atoms with Crippen molar-refractivity contribution in [1.29, 1.82) is 0 Å². The molecule has 1 rings (SSSR count). The summed E-state index contributed by atoms with van der Waals surface area (Å²) >= 11 is 0. The third-order valence-corrected chi connectivity index (χ3v) is 3.93. The Morgan fingerprint density at radius 2 is 1.39 bits per heavy atom. The van der Waals surface area contributed by atoms with Crippen LogP contribution in [-0.2, 0) is 9.59 Å². The molecule has 0 aliphatic carbocycles. The number of likely N-dealkylation sites (tertiary alicyclic amines) is 1. The lowest BCUT2D eigenvalue weighted by atomic mass is 9.78. The Morgan fingerprint density at radius 1 is 1.04 bits per heavy atom. The summed E-state index contributed by atoms with van der Waals surface area (Å²) in [7, 11) is 0. The number of nitrogens with zero attached hydrogens (tertiary/aromatic N) is 1. The van der Waals surface area contributed by atoms with E-state index in [4.69, 9.17) is 10.2 Å². The molecule has 0 amide bonds. The number of aliphatic hydroxyl groups excluding tert-OH is 2. The molecule has 0 bridgehead atoms. The molecule has 7 nitrogen and oxygen atoms in total. The molecule has 0 saturated carbocycles. The molecule has 0 aromatic rings. The molecule has 23 heavy (non-hydrogen) atoms. The minimum Gasteiger partial charge on any atom is -0.481 e. The Labute approximate surface area is 137 Å². The topological polar surface area (TPSA) is 118 Å². The number of carbonyl (C=O) groups is 2. The van der Waals surface area contributed by atoms with Crippen LogP contribution in [0.1, 0.15) is 60.3 Å². The first-order valence-corrected chi connectivity index (χ1v) is 7.85. The minimum atomic E-state index is -1.08. The van der Waals surface area contributed by atoms with Gasteiger partial charge in [-0.25, -0.2) is 0 Å². The molecule has 136 valence electrons. The third-order valence-electron chi connectivity index (χ3n) is 3.93. The minimum absolute atomic E-state index is 0.0435. The van der Waals surface area contributed by atoms with E-state index >= 15 is 0 Å². The maximum atomic E-state index is 9.84. The molecule has 1 unspecified atom stereocenters. The van der Waals surface area contributed by atoms with Crippen molar-refractivity contribution in [2.45, 2.75) is 83.6 Å². The number of β-amino-alcohol motifs (C(OH)–C–C–N with tert-alkyl or cyclic N) is 1. The molecule has 1 saturated heterocycles. The van der Waals surface area contributed by atoms with E-state index in [2.05, 4.69) is 32.6 Å². The molecule has 1 aliphatic heterocycles. The summed E-state index contributed by atoms with van der Waals surface area (Å²) in [6, 6.07) is 0. The van der Waals surface area contributed by atoms with Crippen LogP contribution in [-0.4, -0.2) is 67.1 Å². The summed E-state index contributed by atoms with van der Waals surface area (Å²) in [6.07, 6.45) is 0.427. The number of carboxylic acid groups (broad SMARTS) is 2. The molecule has 1 heterocycles. The molecule has 1 fully saturated rings. The Kier molecular flexibility index (Phi) is 8.17. The van der Waals surface area contributed by atoms with Crippen molar-refractivity contribution in [2.24, 2.45) is 0 Å². The molecule has 7 heteroatoms. The fourth-order valence-corrected chi connectivity index (χ4v) is 3.24. The number of piperidine rings is 1. The van der Waals surface area contributed by atoms with E-state index in [0.29, 0.717) is 6.54 Å². The summed E-state index contributed by atoms with van der Waals surface area (Å²) < 4.78 is 0. The van der Waals surface area contributed by atoms with E-state index in [1.807, 2.05) is 6.92 Å². The summed E-state index contributed by atoms with van der Waals surface area (Å²) in [5.41, 5.74) is -0.0870. The highest BCUT2D eigenvalue weighted by atomic mass is 16.4. The summed E-state index contributed by atoms with van der Waals surface area (Å²) in [6.45, 7) is 11.0. The molecular formula is C16H31NO6. The van der Waals surface area contributed by atoms with Crippen molar-refractivity contribution < 1.29 is 30.0 Å². The van der Waals surface area contributed by atoms with E-state index in [1.54, 1.807) is 0 Å². The molecule has 0 aromatic carbocycles. The third kappa shape index (κ3) is 8.29. The highest BCUT2D eigenvalue weighted by molar-refractivity contribution is 5.75. The zero-order valence-electron chi connectivity index (χ0n) is 14.7. The fraction of sp³-hybridized carbons (Fsp3) is 0.875. The van der Waals surface area contributed by atoms with E-state index < -0.39 is 11.9 Å². The maximum Gasteiger partial charge on any atom is 0.303 e. The van der Waals surface area contributed by atoms with Crippen LogP contribution in [0, 0.1) is 0 Å². The Morgan fingerprint density at radius 3 is 1.65 bits per heavy atom. The van der Waals surface area contributed by atoms with Gasteiger partial charge in [-0.3, -0.25) is 14.5 Å². The second kappa shape index (κ2) is 8.61. The van der Waals surface area contributed by atoms with Gasteiger partial charge in [0.1, 0.15) is 0 Å². The number of aliphatic carboxylic acids is 2. The van der Waals surface area contributed by atoms with Crippen molar-refractivity contribution in [1.82, 2.24) is 4.90 Å². The fourth-order valence-electron chi connectivity index (χ4n) is 3.24. The number of aliphatic hydroxyl groups is 2. The molecule has 0 radical (unpaired) electrons. The van der Waals surface area contributed by atoms with E-state index in [1.165, 1.54) is 0 Å². The predicted octanol–water partition coefficient (Wildman–Crippen LogP) is 1.32. The van der Waals surface area contributed by atoms with Gasteiger partial charge in [0.15, 0.2) is 0 Å². The zero-order chi connectivity index (χ0) is 18.4. The van der Waals surface area contributed by atoms with Crippen LogP contribution in [0.25, 0.3) is 0 Å². The predicted molar refractivity (Wildman–Crippen MR) is 86.3 cm³/mol. The lowest BCUT2D eigenvalue weighted by Crippen LogP contribution is -2.63. The lowest BCUT2D eigenvalue weighted by molar-refractivity contribution is -0.143. The van der Waals surface area contributed by atoms with Crippen LogP contribution in [0.15, 0.2) is 0 Å². The zero-order valence-corrected chi connectivity index (χ0v) is 14.7. The molecule has 1 atom stereocenters. The van der Waals surface area contributed by atoms with Crippen LogP contribution >= 0.6 is 0 Å². The van der Waals surface area contributed by atoms with Gasteiger partial charge in [0.2, 0.25) is 0 Å². The Hall–Kier alpha value is -1.18. The van der Waals surface area contributed by atoms with Crippen molar-refractivity contribution >= 4 is 11.9 Å². The van der Waals surface area contributed by atoms with Crippen LogP contribution in [0.2, 0.25) is 0 Å². The van der Waals surface area contributed by atoms with Crippen LogP contribution < -0.4 is 0 Å². The van der Waals surface area contributed by atoms with Gasteiger partial charge in [0.05, 0.1) is 25.0 Å². The van der Waals surface area contributed by atoms with Gasteiger partial charge in [0, 0.05) is 17.6 Å². The average molecular weight is 333 g/mol. The van der Waals surface area contributed by atoms with Crippen molar-refractivity contribution in [3.05, 3.63) is 0 Å². The monoisotopic (exact) mass is 333 g/mol. The Balaban J connectivity index is 0.000000515. The number of hydrogen-bond acceptors (Lipinski definition) is 5. The van der Waals surface area contributed by atoms with Crippen LogP contribution in [0.4, 0.5) is 0 Å². The quantitative estimate of drug-likeness (QED) is 0.599. The molecule has 0 aromatic heterocycles. The van der Waals surface area contributed by atoms with Crippen molar-refractivity contribution in [3.63, 3.8) is 0 Å². The molecule has 4 N–H and O–H groups in total. The van der Waals surface area contributed by atoms with Gasteiger partial charge in [-0.15, -0.1) is 0 Å². The molecule has 0 spiro atoms. The normalized spacial score (nSPS) is 21.9. The largest absolute Gasteiger partial charge is 0.481 e. The van der Waals surface area contributed by atoms with Crippen LogP contribution in [0.5, 0.6) is 0 Å². The van der Waals surface area contributed by atoms with Gasteiger partial charge in [0.25, 0.3) is 0 Å². The maximum absolute atomic E-state index is 9.84. The van der Waals surface area contributed by atoms with Gasteiger partial charge < -0.3 is 20.4 Å². The second-order valence-corrected chi connectivity index (χ2v) is 7.43. The number of carboxylic acids is 2. The van der Waals surface area contributed by atoms with Crippen LogP contribution in [0.3, 0.4) is 0 Å².